The molecule has 0 aliphatic rings. The largest absolute Gasteiger partial charge is 0.385 e. The quantitative estimate of drug-likeness (QED) is 0.697. The van der Waals surface area contributed by atoms with Crippen molar-refractivity contribution < 1.29 is 4.79 Å². The van der Waals surface area contributed by atoms with Crippen LogP contribution in [0, 0.1) is 0 Å². The van der Waals surface area contributed by atoms with Gasteiger partial charge >= 0.3 is 0 Å². The number of hydrogen-bond acceptors (Lipinski definition) is 4. The third kappa shape index (κ3) is 2.14. The third-order valence-electron chi connectivity index (χ3n) is 2.89. The Labute approximate surface area is 114 Å². The summed E-state index contributed by atoms with van der Waals surface area (Å²) in [7, 11) is 0. The first-order valence-electron chi connectivity index (χ1n) is 5.98. The SMILES string of the molecule is Nc1[nH]c(N=NC(=O)c2ccncc2)c2ccccc12. The van der Waals surface area contributed by atoms with Crippen LogP contribution >= 0.6 is 0 Å². The summed E-state index contributed by atoms with van der Waals surface area (Å²) in [5, 5.41) is 9.34. The standard InChI is InChI=1S/C14H11N5O/c15-12-10-3-1-2-4-11(10)13(17-12)18-19-14(20)9-5-7-16-8-6-9/h1-8,17H,15H2. The summed E-state index contributed by atoms with van der Waals surface area (Å²) in [5.74, 6) is 0.552. The van der Waals surface area contributed by atoms with Gasteiger partial charge in [0, 0.05) is 28.7 Å². The molecule has 0 aliphatic carbocycles. The minimum absolute atomic E-state index is 0.426. The number of carbonyl (C=O) groups is 1. The highest BCUT2D eigenvalue weighted by Gasteiger charge is 2.08. The number of pyridine rings is 1. The number of amides is 1. The Hall–Kier alpha value is -3.02. The van der Waals surface area contributed by atoms with Gasteiger partial charge in [0.1, 0.15) is 5.82 Å². The number of azo groups is 1. The molecule has 2 heterocycles. The number of rotatable bonds is 2. The van der Waals surface area contributed by atoms with Crippen molar-refractivity contribution >= 4 is 28.3 Å². The van der Waals surface area contributed by atoms with Crippen molar-refractivity contribution in [2.24, 2.45) is 10.2 Å². The Morgan fingerprint density at radius 1 is 1.10 bits per heavy atom. The summed E-state index contributed by atoms with van der Waals surface area (Å²) in [6.07, 6.45) is 3.07. The minimum Gasteiger partial charge on any atom is -0.385 e. The molecule has 0 fully saturated rings. The summed E-state index contributed by atoms with van der Waals surface area (Å²) in [6.45, 7) is 0. The van der Waals surface area contributed by atoms with E-state index in [0.29, 0.717) is 17.2 Å². The number of nitrogen functional groups attached to an aromatic ring is 1. The van der Waals surface area contributed by atoms with Crippen molar-refractivity contribution in [2.75, 3.05) is 5.73 Å². The molecule has 0 bridgehead atoms. The number of aromatic nitrogens is 2. The van der Waals surface area contributed by atoms with E-state index in [2.05, 4.69) is 20.2 Å². The molecule has 0 radical (unpaired) electrons. The molecule has 6 nitrogen and oxygen atoms in total. The average molecular weight is 265 g/mol. The third-order valence-corrected chi connectivity index (χ3v) is 2.89. The van der Waals surface area contributed by atoms with Gasteiger partial charge in [0.2, 0.25) is 0 Å². The highest BCUT2D eigenvalue weighted by Crippen LogP contribution is 2.30. The van der Waals surface area contributed by atoms with Crippen LogP contribution in [-0.2, 0) is 0 Å². The lowest BCUT2D eigenvalue weighted by Gasteiger charge is -1.92. The van der Waals surface area contributed by atoms with E-state index in [1.807, 2.05) is 24.3 Å². The molecule has 0 aliphatic heterocycles. The molecule has 6 heteroatoms. The lowest BCUT2D eigenvalue weighted by molar-refractivity contribution is 0.0995. The van der Waals surface area contributed by atoms with Crippen molar-refractivity contribution in [3.8, 4) is 0 Å². The van der Waals surface area contributed by atoms with E-state index in [1.165, 1.54) is 12.4 Å². The number of aromatic amines is 1. The summed E-state index contributed by atoms with van der Waals surface area (Å²) >= 11 is 0. The van der Waals surface area contributed by atoms with Crippen molar-refractivity contribution in [3.05, 3.63) is 54.4 Å². The lowest BCUT2D eigenvalue weighted by atomic mass is 10.2. The first-order chi connectivity index (χ1) is 9.75. The molecule has 0 saturated carbocycles. The molecule has 0 saturated heterocycles. The van der Waals surface area contributed by atoms with Gasteiger partial charge in [-0.15, -0.1) is 10.2 Å². The fraction of sp³-hybridized carbons (Fsp3) is 0. The van der Waals surface area contributed by atoms with Crippen LogP contribution in [0.15, 0.2) is 59.0 Å². The van der Waals surface area contributed by atoms with Crippen LogP contribution in [0.1, 0.15) is 10.4 Å². The highest BCUT2D eigenvalue weighted by molar-refractivity contribution is 6.00. The van der Waals surface area contributed by atoms with E-state index >= 15 is 0 Å². The van der Waals surface area contributed by atoms with E-state index in [0.717, 1.165) is 10.8 Å². The molecule has 0 atom stereocenters. The molecular formula is C14H11N5O. The van der Waals surface area contributed by atoms with Gasteiger partial charge in [0.15, 0.2) is 5.82 Å². The molecule has 2 aromatic heterocycles. The van der Waals surface area contributed by atoms with Crippen LogP contribution in [0.25, 0.3) is 10.8 Å². The molecular weight excluding hydrogens is 254 g/mol. The van der Waals surface area contributed by atoms with E-state index in [1.54, 1.807) is 12.1 Å². The van der Waals surface area contributed by atoms with Crippen LogP contribution in [0.2, 0.25) is 0 Å². The number of benzene rings is 1. The topological polar surface area (TPSA) is 96.5 Å². The van der Waals surface area contributed by atoms with Crippen molar-refractivity contribution in [2.45, 2.75) is 0 Å². The zero-order valence-corrected chi connectivity index (χ0v) is 10.4. The number of nitrogens with one attached hydrogen (secondary N) is 1. The summed E-state index contributed by atoms with van der Waals surface area (Å²) < 4.78 is 0. The van der Waals surface area contributed by atoms with Crippen molar-refractivity contribution in [1.29, 1.82) is 0 Å². The lowest BCUT2D eigenvalue weighted by Crippen LogP contribution is -1.92. The number of nitrogens with two attached hydrogens (primary N) is 1. The van der Waals surface area contributed by atoms with Crippen LogP contribution in [-0.4, -0.2) is 15.9 Å². The molecule has 0 spiro atoms. The average Bonchev–Trinajstić information content (AvgIpc) is 2.83. The predicted molar refractivity (Wildman–Crippen MR) is 75.8 cm³/mol. The van der Waals surface area contributed by atoms with Crippen LogP contribution < -0.4 is 5.73 Å². The van der Waals surface area contributed by atoms with Crippen molar-refractivity contribution in [1.82, 2.24) is 9.97 Å². The summed E-state index contributed by atoms with van der Waals surface area (Å²) in [4.78, 5) is 18.6. The number of fused-ring (bicyclic) bond motifs is 1. The molecule has 3 N–H and O–H groups in total. The maximum Gasteiger partial charge on any atom is 0.295 e. The van der Waals surface area contributed by atoms with E-state index < -0.39 is 5.91 Å². The Morgan fingerprint density at radius 2 is 1.80 bits per heavy atom. The fourth-order valence-corrected chi connectivity index (χ4v) is 1.91. The Morgan fingerprint density at radius 3 is 2.55 bits per heavy atom. The van der Waals surface area contributed by atoms with E-state index in [-0.39, 0.29) is 0 Å². The molecule has 20 heavy (non-hydrogen) atoms. The Bertz CT molecular complexity index is 792. The maximum absolute atomic E-state index is 11.8. The molecule has 3 rings (SSSR count). The molecule has 3 aromatic rings. The second-order valence-electron chi connectivity index (χ2n) is 4.17. The fourth-order valence-electron chi connectivity index (χ4n) is 1.91. The Balaban J connectivity index is 1.94. The van der Waals surface area contributed by atoms with Gasteiger partial charge in [-0.1, -0.05) is 24.3 Å². The van der Waals surface area contributed by atoms with Gasteiger partial charge in [-0.25, -0.2) is 0 Å². The molecule has 1 amide bonds. The van der Waals surface area contributed by atoms with Crippen LogP contribution in [0.4, 0.5) is 11.6 Å². The van der Waals surface area contributed by atoms with E-state index in [4.69, 9.17) is 5.73 Å². The van der Waals surface area contributed by atoms with Gasteiger partial charge in [0.05, 0.1) is 0 Å². The minimum atomic E-state index is -0.426. The smallest absolute Gasteiger partial charge is 0.295 e. The van der Waals surface area contributed by atoms with Gasteiger partial charge in [-0.2, -0.15) is 0 Å². The second-order valence-corrected chi connectivity index (χ2v) is 4.17. The summed E-state index contributed by atoms with van der Waals surface area (Å²) in [5.41, 5.74) is 6.28. The normalized spacial score (nSPS) is 11.2. The molecule has 1 aromatic carbocycles. The van der Waals surface area contributed by atoms with Gasteiger partial charge in [-0.05, 0) is 12.1 Å². The number of carbonyl (C=O) groups excluding carboxylic acids is 1. The van der Waals surface area contributed by atoms with Gasteiger partial charge < -0.3 is 10.7 Å². The first-order valence-corrected chi connectivity index (χ1v) is 5.98. The zero-order chi connectivity index (χ0) is 13.9. The number of anilines is 1. The first kappa shape index (κ1) is 12.0. The number of nitrogens with zero attached hydrogens (tertiary/aromatic N) is 3. The van der Waals surface area contributed by atoms with Gasteiger partial charge in [-0.3, -0.25) is 9.78 Å². The number of hydrogen-bond donors (Lipinski definition) is 2. The monoisotopic (exact) mass is 265 g/mol. The Kier molecular flexibility index (Phi) is 2.96. The van der Waals surface area contributed by atoms with Crippen LogP contribution in [0.5, 0.6) is 0 Å². The molecule has 0 unspecified atom stereocenters. The highest BCUT2D eigenvalue weighted by atomic mass is 16.1. The number of H-pyrrole nitrogens is 1. The summed E-state index contributed by atoms with van der Waals surface area (Å²) in [6, 6.07) is 10.7. The molecule has 98 valence electrons. The van der Waals surface area contributed by atoms with E-state index in [9.17, 15) is 4.79 Å². The van der Waals surface area contributed by atoms with Gasteiger partial charge in [0.25, 0.3) is 5.91 Å². The second kappa shape index (κ2) is 4.93. The zero-order valence-electron chi connectivity index (χ0n) is 10.4. The van der Waals surface area contributed by atoms with Crippen LogP contribution in [0.3, 0.4) is 0 Å². The predicted octanol–water partition coefficient (Wildman–Crippen LogP) is 3.07. The maximum atomic E-state index is 11.8. The van der Waals surface area contributed by atoms with Crippen molar-refractivity contribution in [3.63, 3.8) is 0 Å².